The van der Waals surface area contributed by atoms with Crippen LogP contribution < -0.4 is 4.74 Å². The maximum absolute atomic E-state index is 5.99. The topological polar surface area (TPSA) is 37.7 Å². The molecule has 0 bridgehead atoms. The van der Waals surface area contributed by atoms with Crippen LogP contribution in [-0.4, -0.2) is 35.9 Å². The Labute approximate surface area is 142 Å². The van der Waals surface area contributed by atoms with Gasteiger partial charge in [0.05, 0.1) is 28.3 Å². The molecule has 1 unspecified atom stereocenters. The predicted molar refractivity (Wildman–Crippen MR) is 95.2 cm³/mol. The van der Waals surface area contributed by atoms with E-state index in [1.807, 2.05) is 31.3 Å². The van der Waals surface area contributed by atoms with Gasteiger partial charge in [0.15, 0.2) is 0 Å². The van der Waals surface area contributed by atoms with Crippen LogP contribution in [0.1, 0.15) is 45.2 Å². The fraction of sp³-hybridized carbons (Fsp3) is 0.647. The molecule has 1 fully saturated rings. The minimum atomic E-state index is 0.198. The quantitative estimate of drug-likeness (QED) is 0.492. The molecule has 1 aromatic rings. The lowest BCUT2D eigenvalue weighted by atomic mass is 10.1. The third kappa shape index (κ3) is 5.27. The van der Waals surface area contributed by atoms with Crippen molar-refractivity contribution in [1.82, 2.24) is 9.88 Å². The summed E-state index contributed by atoms with van der Waals surface area (Å²) >= 11 is 3.55. The number of hydrogen-bond donors (Lipinski definition) is 0. The Bertz CT molecular complexity index is 529. The van der Waals surface area contributed by atoms with Gasteiger partial charge in [0, 0.05) is 13.6 Å². The maximum atomic E-state index is 5.99. The molecule has 0 saturated heterocycles. The van der Waals surface area contributed by atoms with Gasteiger partial charge in [0.25, 0.3) is 0 Å². The van der Waals surface area contributed by atoms with Crippen molar-refractivity contribution in [2.45, 2.75) is 52.6 Å². The number of rotatable bonds is 8. The molecule has 1 atom stereocenters. The zero-order valence-corrected chi connectivity index (χ0v) is 15.6. The molecule has 0 radical (unpaired) electrons. The molecule has 0 aromatic carbocycles. The van der Waals surface area contributed by atoms with E-state index in [4.69, 9.17) is 4.74 Å². The van der Waals surface area contributed by atoms with Crippen LogP contribution in [0.15, 0.2) is 15.5 Å². The first-order valence-corrected chi connectivity index (χ1v) is 8.87. The van der Waals surface area contributed by atoms with Gasteiger partial charge in [-0.15, -0.1) is 0 Å². The number of aryl methyl sites for hydroxylation is 1. The average molecular weight is 368 g/mol. The highest BCUT2D eigenvalue weighted by molar-refractivity contribution is 9.10. The Morgan fingerprint density at radius 2 is 2.27 bits per heavy atom. The molecule has 1 saturated carbocycles. The summed E-state index contributed by atoms with van der Waals surface area (Å²) in [6.07, 6.45) is 7.18. The van der Waals surface area contributed by atoms with Crippen molar-refractivity contribution >= 4 is 28.0 Å². The Hall–Kier alpha value is -1.10. The van der Waals surface area contributed by atoms with E-state index in [0.29, 0.717) is 5.88 Å². The van der Waals surface area contributed by atoms with Gasteiger partial charge in [-0.05, 0) is 61.5 Å². The molecule has 5 heteroatoms. The fourth-order valence-electron chi connectivity index (χ4n) is 2.13. The Kier molecular flexibility index (Phi) is 6.24. The molecule has 1 aliphatic carbocycles. The molecule has 1 heterocycles. The molecule has 0 aliphatic heterocycles. The van der Waals surface area contributed by atoms with Crippen LogP contribution in [0, 0.1) is 12.8 Å². The second kappa shape index (κ2) is 7.95. The van der Waals surface area contributed by atoms with E-state index in [2.05, 4.69) is 39.8 Å². The zero-order valence-electron chi connectivity index (χ0n) is 14.0. The molecular weight excluding hydrogens is 342 g/mol. The number of nitrogens with zero attached hydrogens (tertiary/aromatic N) is 3. The monoisotopic (exact) mass is 367 g/mol. The molecule has 0 amide bonds. The minimum absolute atomic E-state index is 0.198. The van der Waals surface area contributed by atoms with Crippen LogP contribution in [0.3, 0.4) is 0 Å². The first-order chi connectivity index (χ1) is 10.5. The maximum Gasteiger partial charge on any atom is 0.228 e. The van der Waals surface area contributed by atoms with E-state index >= 15 is 0 Å². The van der Waals surface area contributed by atoms with Gasteiger partial charge in [-0.25, -0.2) is 9.98 Å². The molecule has 122 valence electrons. The van der Waals surface area contributed by atoms with Crippen LogP contribution in [-0.2, 0) is 0 Å². The summed E-state index contributed by atoms with van der Waals surface area (Å²) in [6.45, 7) is 7.10. The summed E-state index contributed by atoms with van der Waals surface area (Å²) < 4.78 is 6.85. The third-order valence-electron chi connectivity index (χ3n) is 3.99. The van der Waals surface area contributed by atoms with Crippen LogP contribution in [0.2, 0.25) is 0 Å². The van der Waals surface area contributed by atoms with Gasteiger partial charge in [-0.3, -0.25) is 0 Å². The fourth-order valence-corrected chi connectivity index (χ4v) is 2.53. The summed E-state index contributed by atoms with van der Waals surface area (Å²) in [4.78, 5) is 11.1. The van der Waals surface area contributed by atoms with Crippen molar-refractivity contribution in [2.75, 3.05) is 13.6 Å². The zero-order chi connectivity index (χ0) is 16.1. The number of aromatic nitrogens is 1. The predicted octanol–water partition coefficient (Wildman–Crippen LogP) is 4.72. The Morgan fingerprint density at radius 1 is 1.55 bits per heavy atom. The van der Waals surface area contributed by atoms with Gasteiger partial charge in [-0.1, -0.05) is 12.8 Å². The van der Waals surface area contributed by atoms with Crippen LogP contribution >= 0.6 is 15.9 Å². The molecule has 0 spiro atoms. The largest absolute Gasteiger partial charge is 0.474 e. The minimum Gasteiger partial charge on any atom is -0.474 e. The highest BCUT2D eigenvalue weighted by atomic mass is 79.9. The normalized spacial score (nSPS) is 16.0. The Balaban J connectivity index is 2.00. The molecule has 1 aliphatic rings. The first-order valence-electron chi connectivity index (χ1n) is 8.07. The van der Waals surface area contributed by atoms with Crippen molar-refractivity contribution in [3.8, 4) is 5.88 Å². The molecule has 4 nitrogen and oxygen atoms in total. The smallest absolute Gasteiger partial charge is 0.228 e. The summed E-state index contributed by atoms with van der Waals surface area (Å²) in [5.41, 5.74) is 1.75. The molecule has 0 N–H and O–H groups in total. The first kappa shape index (κ1) is 17.3. The lowest BCUT2D eigenvalue weighted by Crippen LogP contribution is -2.14. The Morgan fingerprint density at radius 3 is 2.91 bits per heavy atom. The van der Waals surface area contributed by atoms with Gasteiger partial charge in [0.1, 0.15) is 0 Å². The van der Waals surface area contributed by atoms with E-state index in [1.54, 1.807) is 0 Å². The van der Waals surface area contributed by atoms with Crippen molar-refractivity contribution < 1.29 is 4.74 Å². The number of ether oxygens (including phenoxy) is 1. The van der Waals surface area contributed by atoms with Crippen molar-refractivity contribution in [3.63, 3.8) is 0 Å². The van der Waals surface area contributed by atoms with Gasteiger partial charge in [-0.2, -0.15) is 0 Å². The van der Waals surface area contributed by atoms with Crippen molar-refractivity contribution in [2.24, 2.45) is 10.9 Å². The number of halogens is 1. The van der Waals surface area contributed by atoms with Gasteiger partial charge in [0.2, 0.25) is 5.88 Å². The number of pyridine rings is 1. The average Bonchev–Trinajstić information content (AvgIpc) is 3.31. The molecule has 1 aromatic heterocycles. The standard InChI is InChI=1S/C17H26BrN3O/c1-5-21(4)11-19-16-10-15(18)17(20-13(16)3)22-12(2)6-7-14-8-9-14/h10-12,14H,5-9H2,1-4H3. The number of aliphatic imine (C=N–C) groups is 1. The second-order valence-electron chi connectivity index (χ2n) is 6.15. The van der Waals surface area contributed by atoms with Crippen LogP contribution in [0.25, 0.3) is 0 Å². The van der Waals surface area contributed by atoms with Gasteiger partial charge >= 0.3 is 0 Å². The number of hydrogen-bond acceptors (Lipinski definition) is 3. The lowest BCUT2D eigenvalue weighted by molar-refractivity contribution is 0.195. The van der Waals surface area contributed by atoms with E-state index < -0.39 is 0 Å². The van der Waals surface area contributed by atoms with Crippen LogP contribution in [0.5, 0.6) is 5.88 Å². The lowest BCUT2D eigenvalue weighted by Gasteiger charge is -2.16. The third-order valence-corrected chi connectivity index (χ3v) is 4.56. The highest BCUT2D eigenvalue weighted by Crippen LogP contribution is 2.35. The SMILES string of the molecule is CCN(C)C=Nc1cc(Br)c(OC(C)CCC2CC2)nc1C. The van der Waals surface area contributed by atoms with Crippen LogP contribution in [0.4, 0.5) is 5.69 Å². The van der Waals surface area contributed by atoms with E-state index in [9.17, 15) is 0 Å². The van der Waals surface area contributed by atoms with E-state index in [0.717, 1.165) is 34.7 Å². The van der Waals surface area contributed by atoms with Crippen molar-refractivity contribution in [3.05, 3.63) is 16.2 Å². The van der Waals surface area contributed by atoms with E-state index in [1.165, 1.54) is 19.3 Å². The van der Waals surface area contributed by atoms with Crippen molar-refractivity contribution in [1.29, 1.82) is 0 Å². The molecule has 2 rings (SSSR count). The molecular formula is C17H26BrN3O. The second-order valence-corrected chi connectivity index (χ2v) is 7.00. The summed E-state index contributed by atoms with van der Waals surface area (Å²) in [5, 5.41) is 0. The van der Waals surface area contributed by atoms with Gasteiger partial charge < -0.3 is 9.64 Å². The summed E-state index contributed by atoms with van der Waals surface area (Å²) in [5.74, 6) is 1.61. The highest BCUT2D eigenvalue weighted by Gasteiger charge is 2.22. The molecule has 22 heavy (non-hydrogen) atoms. The summed E-state index contributed by atoms with van der Waals surface area (Å²) in [6, 6.07) is 1.98. The van der Waals surface area contributed by atoms with E-state index in [-0.39, 0.29) is 6.10 Å². The summed E-state index contributed by atoms with van der Waals surface area (Å²) in [7, 11) is 2.00.